The number of carbonyl (C=O) groups is 3. The second kappa shape index (κ2) is 8.77. The molecule has 162 valence electrons. The topological polar surface area (TPSA) is 141 Å². The summed E-state index contributed by atoms with van der Waals surface area (Å²) in [6.07, 6.45) is 3.41. The van der Waals surface area contributed by atoms with E-state index >= 15 is 0 Å². The van der Waals surface area contributed by atoms with Gasteiger partial charge in [-0.05, 0) is 32.3 Å². The zero-order valence-corrected chi connectivity index (χ0v) is 18.0. The average molecular weight is 455 g/mol. The highest BCUT2D eigenvalue weighted by molar-refractivity contribution is 6.50. The Morgan fingerprint density at radius 2 is 2.10 bits per heavy atom. The number of aryl methyl sites for hydroxylation is 1. The first-order chi connectivity index (χ1) is 14.1. The molecule has 2 aliphatic rings. The van der Waals surface area contributed by atoms with Gasteiger partial charge in [0, 0.05) is 30.8 Å². The predicted octanol–water partition coefficient (Wildman–Crippen LogP) is 0.956. The number of amides is 3. The lowest BCUT2D eigenvalue weighted by atomic mass is 10.1. The second-order valence-electron chi connectivity index (χ2n) is 7.56. The van der Waals surface area contributed by atoms with Gasteiger partial charge >= 0.3 is 0 Å². The number of aromatic nitrogens is 1. The fourth-order valence-corrected chi connectivity index (χ4v) is 4.09. The van der Waals surface area contributed by atoms with Crippen molar-refractivity contribution in [2.24, 2.45) is 11.7 Å². The van der Waals surface area contributed by atoms with Crippen LogP contribution in [0, 0.1) is 18.3 Å². The van der Waals surface area contributed by atoms with Crippen LogP contribution in [0.1, 0.15) is 30.5 Å². The molecule has 5 N–H and O–H groups in total. The molecule has 3 amide bonds. The van der Waals surface area contributed by atoms with Crippen LogP contribution in [0.2, 0.25) is 0 Å². The zero-order chi connectivity index (χ0) is 22.1. The lowest BCUT2D eigenvalue weighted by molar-refractivity contribution is -0.137. The third kappa shape index (κ3) is 4.84. The number of hydrogen-bond acceptors (Lipinski definition) is 6. The van der Waals surface area contributed by atoms with Crippen molar-refractivity contribution in [3.63, 3.8) is 0 Å². The molecule has 1 aliphatic carbocycles. The monoisotopic (exact) mass is 454 g/mol. The largest absolute Gasteiger partial charge is 0.374 e. The summed E-state index contributed by atoms with van der Waals surface area (Å²) in [6, 6.07) is 0.946. The van der Waals surface area contributed by atoms with Gasteiger partial charge < -0.3 is 21.3 Å². The van der Waals surface area contributed by atoms with Crippen molar-refractivity contribution in [2.45, 2.75) is 36.6 Å². The Kier molecular flexibility index (Phi) is 6.52. The van der Waals surface area contributed by atoms with Crippen LogP contribution in [-0.4, -0.2) is 63.3 Å². The molecule has 1 aliphatic heterocycles. The highest BCUT2D eigenvalue weighted by Crippen LogP contribution is 2.52. The standard InChI is InChI=1S/C19H24Cl2N6O3/c1-10-16(12(4-5-24-10)15(22)17(23)29)25-9-14(28)27-6-2-3-13(27)18(30)26-8-11-7-19(11,20)21/h4-5,11,13,22,25H,2-3,6-9H2,1H3,(H2,23,29)(H,26,30). The number of halogens is 2. The molecule has 2 heterocycles. The Morgan fingerprint density at radius 3 is 2.73 bits per heavy atom. The van der Waals surface area contributed by atoms with Crippen LogP contribution in [0.5, 0.6) is 0 Å². The van der Waals surface area contributed by atoms with Crippen molar-refractivity contribution >= 4 is 52.3 Å². The van der Waals surface area contributed by atoms with E-state index in [0.29, 0.717) is 37.3 Å². The maximum atomic E-state index is 12.8. The Balaban J connectivity index is 1.61. The summed E-state index contributed by atoms with van der Waals surface area (Å²) in [6.45, 7) is 2.45. The quantitative estimate of drug-likeness (QED) is 0.341. The Bertz CT molecular complexity index is 891. The minimum Gasteiger partial charge on any atom is -0.374 e. The highest BCUT2D eigenvalue weighted by Gasteiger charge is 2.51. The Morgan fingerprint density at radius 1 is 1.40 bits per heavy atom. The number of carbonyl (C=O) groups excluding carboxylic acids is 3. The first-order valence-corrected chi connectivity index (χ1v) is 10.4. The molecule has 3 rings (SSSR count). The number of pyridine rings is 1. The Labute approximate surface area is 184 Å². The fraction of sp³-hybridized carbons (Fsp3) is 0.526. The normalized spacial score (nSPS) is 21.8. The van der Waals surface area contributed by atoms with Gasteiger partial charge in [-0.1, -0.05) is 0 Å². The summed E-state index contributed by atoms with van der Waals surface area (Å²) in [4.78, 5) is 42.4. The van der Waals surface area contributed by atoms with Gasteiger partial charge in [0.15, 0.2) is 0 Å². The molecule has 2 fully saturated rings. The van der Waals surface area contributed by atoms with Crippen molar-refractivity contribution < 1.29 is 14.4 Å². The number of primary amides is 1. The number of nitrogens with zero attached hydrogens (tertiary/aromatic N) is 2. The third-order valence-electron chi connectivity index (χ3n) is 5.43. The molecule has 1 saturated carbocycles. The van der Waals surface area contributed by atoms with Gasteiger partial charge in [-0.3, -0.25) is 24.8 Å². The molecule has 1 saturated heterocycles. The molecule has 1 aromatic heterocycles. The number of hydrogen-bond donors (Lipinski definition) is 4. The molecule has 2 unspecified atom stereocenters. The minimum atomic E-state index is -0.875. The van der Waals surface area contributed by atoms with Gasteiger partial charge in [0.25, 0.3) is 5.91 Å². The first-order valence-electron chi connectivity index (χ1n) is 9.65. The number of nitrogens with one attached hydrogen (secondary N) is 3. The SMILES string of the molecule is Cc1nccc(C(=N)C(N)=O)c1NCC(=O)N1CCCC1C(=O)NCC1CC1(Cl)Cl. The highest BCUT2D eigenvalue weighted by atomic mass is 35.5. The number of alkyl halides is 2. The average Bonchev–Trinajstić information content (AvgIpc) is 3.07. The molecule has 11 heteroatoms. The maximum Gasteiger partial charge on any atom is 0.267 e. The number of anilines is 1. The van der Waals surface area contributed by atoms with Gasteiger partial charge in [-0.2, -0.15) is 0 Å². The van der Waals surface area contributed by atoms with Crippen LogP contribution < -0.4 is 16.4 Å². The van der Waals surface area contributed by atoms with Gasteiger partial charge in [-0.15, -0.1) is 23.2 Å². The predicted molar refractivity (Wildman–Crippen MR) is 114 cm³/mol. The van der Waals surface area contributed by atoms with E-state index in [1.165, 1.54) is 17.2 Å². The zero-order valence-electron chi connectivity index (χ0n) is 16.5. The van der Waals surface area contributed by atoms with Crippen LogP contribution in [-0.2, 0) is 14.4 Å². The van der Waals surface area contributed by atoms with Gasteiger partial charge in [0.2, 0.25) is 11.8 Å². The van der Waals surface area contributed by atoms with E-state index in [-0.39, 0.29) is 35.6 Å². The number of likely N-dealkylation sites (tertiary alicyclic amines) is 1. The van der Waals surface area contributed by atoms with Crippen LogP contribution in [0.4, 0.5) is 5.69 Å². The van der Waals surface area contributed by atoms with Crippen LogP contribution >= 0.6 is 23.2 Å². The van der Waals surface area contributed by atoms with Crippen LogP contribution in [0.15, 0.2) is 12.3 Å². The van der Waals surface area contributed by atoms with E-state index in [1.807, 2.05) is 0 Å². The summed E-state index contributed by atoms with van der Waals surface area (Å²) in [5, 5.41) is 13.7. The molecule has 30 heavy (non-hydrogen) atoms. The lowest BCUT2D eigenvalue weighted by Gasteiger charge is -2.25. The molecule has 9 nitrogen and oxygen atoms in total. The van der Waals surface area contributed by atoms with Crippen molar-refractivity contribution in [1.29, 1.82) is 5.41 Å². The minimum absolute atomic E-state index is 0.0320. The molecular weight excluding hydrogens is 431 g/mol. The molecule has 0 bridgehead atoms. The van der Waals surface area contributed by atoms with E-state index in [1.54, 1.807) is 6.92 Å². The molecule has 2 atom stereocenters. The molecular formula is C19H24Cl2N6O3. The van der Waals surface area contributed by atoms with Crippen molar-refractivity contribution in [1.82, 2.24) is 15.2 Å². The second-order valence-corrected chi connectivity index (χ2v) is 9.11. The maximum absolute atomic E-state index is 12.8. The third-order valence-corrected chi connectivity index (χ3v) is 6.35. The summed E-state index contributed by atoms with van der Waals surface area (Å²) in [5.41, 5.74) is 6.04. The molecule has 0 radical (unpaired) electrons. The summed E-state index contributed by atoms with van der Waals surface area (Å²) >= 11 is 12.0. The van der Waals surface area contributed by atoms with E-state index < -0.39 is 16.3 Å². The summed E-state index contributed by atoms with van der Waals surface area (Å²) in [7, 11) is 0. The van der Waals surface area contributed by atoms with E-state index in [0.717, 1.165) is 6.42 Å². The number of rotatable bonds is 8. The van der Waals surface area contributed by atoms with Crippen LogP contribution in [0.25, 0.3) is 0 Å². The van der Waals surface area contributed by atoms with Crippen LogP contribution in [0.3, 0.4) is 0 Å². The van der Waals surface area contributed by atoms with E-state index in [9.17, 15) is 14.4 Å². The van der Waals surface area contributed by atoms with E-state index in [4.69, 9.17) is 34.3 Å². The molecule has 1 aromatic rings. The Hall–Kier alpha value is -2.39. The van der Waals surface area contributed by atoms with Gasteiger partial charge in [0.1, 0.15) is 16.1 Å². The van der Waals surface area contributed by atoms with Crippen molar-refractivity contribution in [2.75, 3.05) is 25.0 Å². The smallest absolute Gasteiger partial charge is 0.267 e. The fourth-order valence-electron chi connectivity index (χ4n) is 3.57. The summed E-state index contributed by atoms with van der Waals surface area (Å²) < 4.78 is -0.764. The van der Waals surface area contributed by atoms with E-state index in [2.05, 4.69) is 15.6 Å². The first kappa shape index (κ1) is 22.3. The summed E-state index contributed by atoms with van der Waals surface area (Å²) in [5.74, 6) is -1.32. The lowest BCUT2D eigenvalue weighted by Crippen LogP contribution is -2.48. The molecule has 0 spiro atoms. The van der Waals surface area contributed by atoms with Crippen molar-refractivity contribution in [3.8, 4) is 0 Å². The molecule has 0 aromatic carbocycles. The van der Waals surface area contributed by atoms with Gasteiger partial charge in [-0.25, -0.2) is 0 Å². The number of nitrogens with two attached hydrogens (primary N) is 1. The van der Waals surface area contributed by atoms with Crippen molar-refractivity contribution in [3.05, 3.63) is 23.5 Å². The van der Waals surface area contributed by atoms with Gasteiger partial charge in [0.05, 0.1) is 17.9 Å².